The molecule has 1 aliphatic heterocycles. The van der Waals surface area contributed by atoms with Crippen LogP contribution in [0.1, 0.15) is 30.9 Å². The van der Waals surface area contributed by atoms with Crippen LogP contribution in [0.4, 0.5) is 0 Å². The van der Waals surface area contributed by atoms with Crippen molar-refractivity contribution in [2.75, 3.05) is 13.1 Å². The van der Waals surface area contributed by atoms with Crippen LogP contribution in [-0.4, -0.2) is 24.0 Å². The molecule has 94 valence electrons. The van der Waals surface area contributed by atoms with Gasteiger partial charge in [-0.15, -0.1) is 0 Å². The van der Waals surface area contributed by atoms with Crippen molar-refractivity contribution in [2.45, 2.75) is 38.8 Å². The van der Waals surface area contributed by atoms with E-state index in [0.717, 1.165) is 43.9 Å². The Hall–Kier alpha value is -0.570. The average molecular weight is 253 g/mol. The van der Waals surface area contributed by atoms with Crippen LogP contribution in [0.2, 0.25) is 5.02 Å². The molecule has 2 nitrogen and oxygen atoms in total. The van der Waals surface area contributed by atoms with Gasteiger partial charge in [-0.3, -0.25) is 4.90 Å². The summed E-state index contributed by atoms with van der Waals surface area (Å²) in [5, 5.41) is 0.902. The van der Waals surface area contributed by atoms with E-state index in [1.807, 2.05) is 12.1 Å². The topological polar surface area (TPSA) is 29.3 Å². The summed E-state index contributed by atoms with van der Waals surface area (Å²) in [5.41, 5.74) is 8.59. The van der Waals surface area contributed by atoms with Gasteiger partial charge in [-0.25, -0.2) is 0 Å². The van der Waals surface area contributed by atoms with Gasteiger partial charge in [0.05, 0.1) is 0 Å². The standard InChI is InChI=1S/C14H21ClN2/c1-2-11-4-3-5-14(15)13(11)10-17-8-6-12(16)7-9-17/h3-5,12H,2,6-10,16H2,1H3. The summed E-state index contributed by atoms with van der Waals surface area (Å²) in [4.78, 5) is 2.46. The molecule has 0 aromatic heterocycles. The zero-order chi connectivity index (χ0) is 12.3. The van der Waals surface area contributed by atoms with E-state index in [0.29, 0.717) is 6.04 Å². The summed E-state index contributed by atoms with van der Waals surface area (Å²) in [5.74, 6) is 0. The molecule has 0 aliphatic carbocycles. The van der Waals surface area contributed by atoms with Crippen molar-refractivity contribution in [3.63, 3.8) is 0 Å². The maximum absolute atomic E-state index is 6.30. The molecule has 17 heavy (non-hydrogen) atoms. The van der Waals surface area contributed by atoms with E-state index in [1.165, 1.54) is 11.1 Å². The van der Waals surface area contributed by atoms with Gasteiger partial charge >= 0.3 is 0 Å². The highest BCUT2D eigenvalue weighted by molar-refractivity contribution is 6.31. The zero-order valence-electron chi connectivity index (χ0n) is 10.5. The van der Waals surface area contributed by atoms with Crippen LogP contribution in [0.25, 0.3) is 0 Å². The fourth-order valence-electron chi connectivity index (χ4n) is 2.45. The molecule has 1 fully saturated rings. The highest BCUT2D eigenvalue weighted by Crippen LogP contribution is 2.23. The van der Waals surface area contributed by atoms with Gasteiger partial charge in [0.1, 0.15) is 0 Å². The lowest BCUT2D eigenvalue weighted by Crippen LogP contribution is -2.39. The Morgan fingerprint density at radius 1 is 1.35 bits per heavy atom. The first kappa shape index (κ1) is 12.9. The van der Waals surface area contributed by atoms with Gasteiger partial charge in [0, 0.05) is 17.6 Å². The van der Waals surface area contributed by atoms with Crippen molar-refractivity contribution in [2.24, 2.45) is 5.73 Å². The van der Waals surface area contributed by atoms with Crippen molar-refractivity contribution in [1.29, 1.82) is 0 Å². The van der Waals surface area contributed by atoms with E-state index in [1.54, 1.807) is 0 Å². The number of nitrogens with zero attached hydrogens (tertiary/aromatic N) is 1. The van der Waals surface area contributed by atoms with E-state index < -0.39 is 0 Å². The summed E-state index contributed by atoms with van der Waals surface area (Å²) in [6.07, 6.45) is 3.25. The first-order valence-corrected chi connectivity index (χ1v) is 6.82. The molecule has 0 bridgehead atoms. The molecule has 0 spiro atoms. The fourth-order valence-corrected chi connectivity index (χ4v) is 2.70. The van der Waals surface area contributed by atoms with Gasteiger partial charge in [0.2, 0.25) is 0 Å². The summed E-state index contributed by atoms with van der Waals surface area (Å²) < 4.78 is 0. The lowest BCUT2D eigenvalue weighted by atomic mass is 10.0. The fraction of sp³-hybridized carbons (Fsp3) is 0.571. The monoisotopic (exact) mass is 252 g/mol. The number of nitrogens with two attached hydrogens (primary N) is 1. The second-order valence-electron chi connectivity index (χ2n) is 4.84. The Labute approximate surface area is 109 Å². The third-order valence-electron chi connectivity index (χ3n) is 3.61. The molecule has 0 radical (unpaired) electrons. The van der Waals surface area contributed by atoms with Gasteiger partial charge in [0.25, 0.3) is 0 Å². The average Bonchev–Trinajstić information content (AvgIpc) is 2.34. The molecular formula is C14H21ClN2. The largest absolute Gasteiger partial charge is 0.328 e. The molecule has 1 saturated heterocycles. The Kier molecular flexibility index (Phi) is 4.43. The van der Waals surface area contributed by atoms with Crippen LogP contribution >= 0.6 is 11.6 Å². The molecule has 2 rings (SSSR count). The number of hydrogen-bond donors (Lipinski definition) is 1. The van der Waals surface area contributed by atoms with Crippen LogP contribution < -0.4 is 5.73 Å². The maximum Gasteiger partial charge on any atom is 0.0453 e. The molecule has 1 aliphatic rings. The minimum absolute atomic E-state index is 0.392. The number of aryl methyl sites for hydroxylation is 1. The van der Waals surface area contributed by atoms with Crippen molar-refractivity contribution in [1.82, 2.24) is 4.90 Å². The SMILES string of the molecule is CCc1cccc(Cl)c1CN1CCC(N)CC1. The highest BCUT2D eigenvalue weighted by Gasteiger charge is 2.17. The van der Waals surface area contributed by atoms with Crippen molar-refractivity contribution < 1.29 is 0 Å². The van der Waals surface area contributed by atoms with Crippen LogP contribution in [0, 0.1) is 0 Å². The third kappa shape index (κ3) is 3.21. The molecule has 1 aromatic rings. The van der Waals surface area contributed by atoms with E-state index in [4.69, 9.17) is 17.3 Å². The number of benzene rings is 1. The highest BCUT2D eigenvalue weighted by atomic mass is 35.5. The molecule has 1 aromatic carbocycles. The van der Waals surface area contributed by atoms with E-state index in [2.05, 4.69) is 17.9 Å². The van der Waals surface area contributed by atoms with Gasteiger partial charge in [-0.05, 0) is 49.5 Å². The Balaban J connectivity index is 2.07. The summed E-state index contributed by atoms with van der Waals surface area (Å²) in [7, 11) is 0. The summed E-state index contributed by atoms with van der Waals surface area (Å²) in [6.45, 7) is 5.34. The third-order valence-corrected chi connectivity index (χ3v) is 3.96. The van der Waals surface area contributed by atoms with E-state index >= 15 is 0 Å². The number of hydrogen-bond acceptors (Lipinski definition) is 2. The Morgan fingerprint density at radius 3 is 2.71 bits per heavy atom. The Morgan fingerprint density at radius 2 is 2.06 bits per heavy atom. The molecule has 1 heterocycles. The minimum atomic E-state index is 0.392. The predicted molar refractivity (Wildman–Crippen MR) is 73.3 cm³/mol. The second-order valence-corrected chi connectivity index (χ2v) is 5.25. The molecule has 2 N–H and O–H groups in total. The van der Waals surface area contributed by atoms with Crippen molar-refractivity contribution in [3.05, 3.63) is 34.3 Å². The molecular weight excluding hydrogens is 232 g/mol. The molecule has 0 amide bonds. The van der Waals surface area contributed by atoms with Crippen LogP contribution in [0.3, 0.4) is 0 Å². The number of likely N-dealkylation sites (tertiary alicyclic amines) is 1. The van der Waals surface area contributed by atoms with Crippen LogP contribution in [0.15, 0.2) is 18.2 Å². The number of halogens is 1. The predicted octanol–water partition coefficient (Wildman–Crippen LogP) is 2.83. The molecule has 0 unspecified atom stereocenters. The maximum atomic E-state index is 6.30. The minimum Gasteiger partial charge on any atom is -0.328 e. The first-order valence-electron chi connectivity index (χ1n) is 6.45. The smallest absolute Gasteiger partial charge is 0.0453 e. The molecule has 0 atom stereocenters. The second kappa shape index (κ2) is 5.85. The first-order chi connectivity index (χ1) is 8.20. The lowest BCUT2D eigenvalue weighted by molar-refractivity contribution is 0.205. The van der Waals surface area contributed by atoms with Gasteiger partial charge in [-0.1, -0.05) is 30.7 Å². The normalized spacial score (nSPS) is 18.5. The van der Waals surface area contributed by atoms with Gasteiger partial charge < -0.3 is 5.73 Å². The lowest BCUT2D eigenvalue weighted by Gasteiger charge is -2.30. The zero-order valence-corrected chi connectivity index (χ0v) is 11.2. The van der Waals surface area contributed by atoms with Crippen LogP contribution in [0.5, 0.6) is 0 Å². The van der Waals surface area contributed by atoms with Gasteiger partial charge in [-0.2, -0.15) is 0 Å². The van der Waals surface area contributed by atoms with Gasteiger partial charge in [0.15, 0.2) is 0 Å². The summed E-state index contributed by atoms with van der Waals surface area (Å²) in [6, 6.07) is 6.60. The van der Waals surface area contributed by atoms with Crippen molar-refractivity contribution >= 4 is 11.6 Å². The van der Waals surface area contributed by atoms with E-state index in [-0.39, 0.29) is 0 Å². The number of rotatable bonds is 3. The molecule has 3 heteroatoms. The quantitative estimate of drug-likeness (QED) is 0.897. The van der Waals surface area contributed by atoms with E-state index in [9.17, 15) is 0 Å². The Bertz CT molecular complexity index is 370. The number of piperidine rings is 1. The summed E-state index contributed by atoms with van der Waals surface area (Å²) >= 11 is 6.30. The van der Waals surface area contributed by atoms with Crippen molar-refractivity contribution in [3.8, 4) is 0 Å². The molecule has 0 saturated carbocycles. The van der Waals surface area contributed by atoms with Crippen LogP contribution in [-0.2, 0) is 13.0 Å².